The molecule has 0 atom stereocenters. The molecule has 0 saturated heterocycles. The maximum Gasteiger partial charge on any atom is 0.229 e. The molecule has 0 unspecified atom stereocenters. The molecule has 0 spiro atoms. The Kier molecular flexibility index (Phi) is 3.92. The van der Waals surface area contributed by atoms with E-state index in [1.807, 2.05) is 37.3 Å². The largest absolute Gasteiger partial charge is 0.323 e. The average molecular weight is 352 g/mol. The van der Waals surface area contributed by atoms with Gasteiger partial charge in [0.1, 0.15) is 17.5 Å². The second kappa shape index (κ2) is 6.40. The molecular weight excluding hydrogens is 338 g/mol. The van der Waals surface area contributed by atoms with Gasteiger partial charge in [0.15, 0.2) is 5.82 Å². The molecule has 2 heterocycles. The molecule has 2 aromatic carbocycles. The van der Waals surface area contributed by atoms with Crippen LogP contribution in [0, 0.1) is 18.6 Å². The van der Waals surface area contributed by atoms with Gasteiger partial charge in [0.05, 0.1) is 11.2 Å². The number of hydrogen-bond donors (Lipinski definition) is 3. The number of nitrogens with zero attached hydrogens (tertiary/aromatic N) is 3. The van der Waals surface area contributed by atoms with Crippen LogP contribution in [0.3, 0.4) is 0 Å². The highest BCUT2D eigenvalue weighted by Crippen LogP contribution is 2.26. The van der Waals surface area contributed by atoms with E-state index < -0.39 is 11.6 Å². The van der Waals surface area contributed by atoms with Crippen LogP contribution in [0.4, 0.5) is 32.1 Å². The number of rotatable bonds is 4. The van der Waals surface area contributed by atoms with Gasteiger partial charge in [-0.1, -0.05) is 12.1 Å². The maximum absolute atomic E-state index is 13.9. The maximum atomic E-state index is 13.9. The van der Waals surface area contributed by atoms with Gasteiger partial charge in [-0.05, 0) is 31.2 Å². The molecule has 0 bridgehead atoms. The number of anilines is 4. The van der Waals surface area contributed by atoms with E-state index in [1.54, 1.807) is 0 Å². The summed E-state index contributed by atoms with van der Waals surface area (Å²) in [4.78, 5) is 8.81. The van der Waals surface area contributed by atoms with Gasteiger partial charge in [-0.15, -0.1) is 0 Å². The molecule has 6 nitrogen and oxygen atoms in total. The van der Waals surface area contributed by atoms with Crippen molar-refractivity contribution < 1.29 is 8.78 Å². The Morgan fingerprint density at radius 1 is 0.962 bits per heavy atom. The zero-order chi connectivity index (χ0) is 18.1. The second-order valence-corrected chi connectivity index (χ2v) is 5.72. The average Bonchev–Trinajstić information content (AvgIpc) is 3.02. The van der Waals surface area contributed by atoms with E-state index in [2.05, 4.69) is 30.8 Å². The first-order valence-electron chi connectivity index (χ1n) is 7.86. The predicted molar refractivity (Wildman–Crippen MR) is 95.8 cm³/mol. The van der Waals surface area contributed by atoms with E-state index in [9.17, 15) is 8.78 Å². The van der Waals surface area contributed by atoms with Crippen molar-refractivity contribution in [2.45, 2.75) is 6.92 Å². The molecule has 8 heteroatoms. The predicted octanol–water partition coefficient (Wildman–Crippen LogP) is 4.43. The van der Waals surface area contributed by atoms with E-state index >= 15 is 0 Å². The third kappa shape index (κ3) is 3.16. The Balaban J connectivity index is 1.75. The van der Waals surface area contributed by atoms with Crippen molar-refractivity contribution in [1.82, 2.24) is 20.2 Å². The summed E-state index contributed by atoms with van der Waals surface area (Å²) < 4.78 is 27.0. The Bertz CT molecular complexity index is 1090. The number of aromatic amines is 1. The molecule has 26 heavy (non-hydrogen) atoms. The van der Waals surface area contributed by atoms with Gasteiger partial charge >= 0.3 is 0 Å². The number of aromatic nitrogens is 4. The minimum Gasteiger partial charge on any atom is -0.323 e. The number of para-hydroxylation sites is 1. The molecule has 0 amide bonds. The molecule has 2 aromatic heterocycles. The van der Waals surface area contributed by atoms with Crippen LogP contribution in [0.15, 0.2) is 48.5 Å². The van der Waals surface area contributed by atoms with E-state index in [-0.39, 0.29) is 11.6 Å². The van der Waals surface area contributed by atoms with Gasteiger partial charge < -0.3 is 10.6 Å². The Morgan fingerprint density at radius 2 is 1.81 bits per heavy atom. The van der Waals surface area contributed by atoms with Crippen LogP contribution in [-0.2, 0) is 0 Å². The number of hydrogen-bond acceptors (Lipinski definition) is 5. The van der Waals surface area contributed by atoms with Crippen LogP contribution in [-0.4, -0.2) is 20.2 Å². The summed E-state index contributed by atoms with van der Waals surface area (Å²) >= 11 is 0. The highest BCUT2D eigenvalue weighted by molar-refractivity contribution is 5.91. The second-order valence-electron chi connectivity index (χ2n) is 5.72. The van der Waals surface area contributed by atoms with Crippen molar-refractivity contribution in [3.05, 3.63) is 65.9 Å². The highest BCUT2D eigenvalue weighted by atomic mass is 19.1. The first-order chi connectivity index (χ1) is 12.6. The molecule has 130 valence electrons. The van der Waals surface area contributed by atoms with E-state index in [1.165, 1.54) is 6.07 Å². The lowest BCUT2D eigenvalue weighted by Gasteiger charge is -2.11. The van der Waals surface area contributed by atoms with Crippen LogP contribution in [0.5, 0.6) is 0 Å². The summed E-state index contributed by atoms with van der Waals surface area (Å²) in [6.45, 7) is 1.89. The summed E-state index contributed by atoms with van der Waals surface area (Å²) in [6.07, 6.45) is 0. The first-order valence-corrected chi connectivity index (χ1v) is 7.86. The molecule has 0 aliphatic heterocycles. The fourth-order valence-corrected chi connectivity index (χ4v) is 2.54. The quantitative estimate of drug-likeness (QED) is 0.506. The van der Waals surface area contributed by atoms with Crippen LogP contribution >= 0.6 is 0 Å². The van der Waals surface area contributed by atoms with Crippen molar-refractivity contribution in [1.29, 1.82) is 0 Å². The third-order valence-corrected chi connectivity index (χ3v) is 3.73. The summed E-state index contributed by atoms with van der Waals surface area (Å²) in [6, 6.07) is 12.5. The number of aryl methyl sites for hydroxylation is 1. The van der Waals surface area contributed by atoms with Crippen molar-refractivity contribution in [3.63, 3.8) is 0 Å². The molecule has 4 rings (SSSR count). The monoisotopic (exact) mass is 352 g/mol. The molecule has 0 saturated carbocycles. The zero-order valence-electron chi connectivity index (χ0n) is 13.7. The lowest BCUT2D eigenvalue weighted by molar-refractivity contribution is 0.586. The van der Waals surface area contributed by atoms with Gasteiger partial charge in [-0.3, -0.25) is 5.10 Å². The summed E-state index contributed by atoms with van der Waals surface area (Å²) in [7, 11) is 0. The molecule has 3 N–H and O–H groups in total. The SMILES string of the molecule is Cc1cc(Nc2nc(Nc3ccc(F)cc3F)nc3ccccc23)n[nH]1. The van der Waals surface area contributed by atoms with Crippen LogP contribution < -0.4 is 10.6 Å². The zero-order valence-corrected chi connectivity index (χ0v) is 13.7. The summed E-state index contributed by atoms with van der Waals surface area (Å²) in [5.74, 6) is -0.0655. The van der Waals surface area contributed by atoms with Gasteiger partial charge in [0.25, 0.3) is 0 Å². The number of fused-ring (bicyclic) bond motifs is 1. The summed E-state index contributed by atoms with van der Waals surface area (Å²) in [5, 5.41) is 13.7. The number of benzene rings is 2. The lowest BCUT2D eigenvalue weighted by atomic mass is 10.2. The number of halogens is 2. The van der Waals surface area contributed by atoms with E-state index in [0.29, 0.717) is 17.2 Å². The molecular formula is C18H14F2N6. The van der Waals surface area contributed by atoms with Crippen molar-refractivity contribution >= 4 is 34.2 Å². The smallest absolute Gasteiger partial charge is 0.229 e. The van der Waals surface area contributed by atoms with Gasteiger partial charge in [-0.25, -0.2) is 13.8 Å². The topological polar surface area (TPSA) is 78.5 Å². The lowest BCUT2D eigenvalue weighted by Crippen LogP contribution is -2.03. The van der Waals surface area contributed by atoms with E-state index in [4.69, 9.17) is 0 Å². The number of nitrogens with one attached hydrogen (secondary N) is 3. The molecule has 0 aliphatic rings. The minimum atomic E-state index is -0.723. The van der Waals surface area contributed by atoms with Gasteiger partial charge in [-0.2, -0.15) is 10.1 Å². The Labute approximate surface area is 147 Å². The highest BCUT2D eigenvalue weighted by Gasteiger charge is 2.11. The van der Waals surface area contributed by atoms with Crippen molar-refractivity contribution in [2.75, 3.05) is 10.6 Å². The minimum absolute atomic E-state index is 0.0863. The van der Waals surface area contributed by atoms with Gasteiger partial charge in [0.2, 0.25) is 5.95 Å². The van der Waals surface area contributed by atoms with Crippen LogP contribution in [0.1, 0.15) is 5.69 Å². The fourth-order valence-electron chi connectivity index (χ4n) is 2.54. The van der Waals surface area contributed by atoms with Crippen LogP contribution in [0.25, 0.3) is 10.9 Å². The normalized spacial score (nSPS) is 10.9. The standard InChI is InChI=1S/C18H14F2N6/c1-10-8-16(26-25-10)23-17-12-4-2-3-5-14(12)21-18(24-17)22-15-7-6-11(19)9-13(15)20/h2-9H,1H3,(H3,21,22,23,24,25,26). The molecule has 0 fully saturated rings. The van der Waals surface area contributed by atoms with Crippen molar-refractivity contribution in [2.24, 2.45) is 0 Å². The molecule has 0 aliphatic carbocycles. The van der Waals surface area contributed by atoms with E-state index in [0.717, 1.165) is 23.2 Å². The van der Waals surface area contributed by atoms with Crippen LogP contribution in [0.2, 0.25) is 0 Å². The molecule has 4 aromatic rings. The Morgan fingerprint density at radius 3 is 2.58 bits per heavy atom. The first kappa shape index (κ1) is 15.9. The number of H-pyrrole nitrogens is 1. The fraction of sp³-hybridized carbons (Fsp3) is 0.0556. The molecule has 0 radical (unpaired) electrons. The third-order valence-electron chi connectivity index (χ3n) is 3.73. The summed E-state index contributed by atoms with van der Waals surface area (Å²) in [5.41, 5.74) is 1.66. The Hall–Kier alpha value is -3.55. The van der Waals surface area contributed by atoms with Crippen molar-refractivity contribution in [3.8, 4) is 0 Å². The van der Waals surface area contributed by atoms with Gasteiger partial charge in [0, 0.05) is 23.2 Å².